The molecule has 0 aliphatic heterocycles. The molecule has 4 nitrogen and oxygen atoms in total. The third kappa shape index (κ3) is 1.59. The molecule has 0 aliphatic carbocycles. The van der Waals surface area contributed by atoms with Gasteiger partial charge in [-0.25, -0.2) is 9.97 Å². The van der Waals surface area contributed by atoms with E-state index in [1.165, 1.54) is 0 Å². The second kappa shape index (κ2) is 3.04. The number of anilines is 2. The fraction of sp³-hybridized carbons (Fsp3) is 0.333. The first-order valence-corrected chi connectivity index (χ1v) is 4.01. The lowest BCUT2D eigenvalue weighted by molar-refractivity contribution is 1.04. The maximum absolute atomic E-state index is 5.57. The summed E-state index contributed by atoms with van der Waals surface area (Å²) in [6.07, 6.45) is 0.755. The summed E-state index contributed by atoms with van der Waals surface area (Å²) in [5, 5.41) is 0. The smallest absolute Gasteiger partial charge is 0.200 e. The summed E-state index contributed by atoms with van der Waals surface area (Å²) in [5.74, 6) is 0.902. The molecule has 0 saturated heterocycles. The summed E-state index contributed by atoms with van der Waals surface area (Å²) in [5.41, 5.74) is 12.0. The van der Waals surface area contributed by atoms with Gasteiger partial charge in [0, 0.05) is 5.56 Å². The van der Waals surface area contributed by atoms with Gasteiger partial charge in [0.2, 0.25) is 0 Å². The van der Waals surface area contributed by atoms with Crippen molar-refractivity contribution < 1.29 is 0 Å². The highest BCUT2D eigenvalue weighted by Gasteiger charge is 2.05. The van der Waals surface area contributed by atoms with Crippen molar-refractivity contribution in [1.29, 1.82) is 0 Å². The molecule has 1 rings (SSSR count). The predicted octanol–water partition coefficient (Wildman–Crippen LogP) is 0.966. The zero-order valence-corrected chi connectivity index (χ0v) is 7.72. The average molecular weight is 217 g/mol. The number of nitrogens with zero attached hydrogens (tertiary/aromatic N) is 2. The van der Waals surface area contributed by atoms with E-state index in [0.717, 1.165) is 12.0 Å². The van der Waals surface area contributed by atoms with Gasteiger partial charge in [0.25, 0.3) is 0 Å². The lowest BCUT2D eigenvalue weighted by Gasteiger charge is -2.04. The molecular formula is C6H9BrN4. The summed E-state index contributed by atoms with van der Waals surface area (Å²) in [7, 11) is 0. The van der Waals surface area contributed by atoms with E-state index in [1.54, 1.807) is 0 Å². The van der Waals surface area contributed by atoms with Crippen molar-refractivity contribution in [3.8, 4) is 0 Å². The molecular weight excluding hydrogens is 208 g/mol. The Hall–Kier alpha value is -0.840. The van der Waals surface area contributed by atoms with Crippen molar-refractivity contribution in [2.45, 2.75) is 13.3 Å². The van der Waals surface area contributed by atoms with Gasteiger partial charge in [0.05, 0.1) is 0 Å². The van der Waals surface area contributed by atoms with Gasteiger partial charge in [-0.05, 0) is 22.4 Å². The Kier molecular flexibility index (Phi) is 2.28. The summed E-state index contributed by atoms with van der Waals surface area (Å²) in [6.45, 7) is 1.96. The number of halogens is 1. The highest BCUT2D eigenvalue weighted by Crippen LogP contribution is 2.18. The summed E-state index contributed by atoms with van der Waals surface area (Å²) < 4.78 is 0.435. The highest BCUT2D eigenvalue weighted by atomic mass is 79.9. The first-order valence-electron chi connectivity index (χ1n) is 3.22. The standard InChI is InChI=1S/C6H9BrN4/c1-2-3-4(8)10-6(7)11-5(3)9/h2H2,1H3,(H4,8,9,10,11). The highest BCUT2D eigenvalue weighted by molar-refractivity contribution is 9.10. The van der Waals surface area contributed by atoms with Gasteiger partial charge in [0.1, 0.15) is 11.6 Å². The van der Waals surface area contributed by atoms with Crippen molar-refractivity contribution in [3.05, 3.63) is 10.3 Å². The van der Waals surface area contributed by atoms with Crippen LogP contribution < -0.4 is 11.5 Å². The molecule has 60 valence electrons. The summed E-state index contributed by atoms with van der Waals surface area (Å²) in [4.78, 5) is 7.82. The molecule has 0 bridgehead atoms. The van der Waals surface area contributed by atoms with Crippen LogP contribution in [0.5, 0.6) is 0 Å². The Bertz CT molecular complexity index is 250. The Morgan fingerprint density at radius 1 is 1.27 bits per heavy atom. The minimum Gasteiger partial charge on any atom is -0.383 e. The fourth-order valence-electron chi connectivity index (χ4n) is 0.852. The number of rotatable bonds is 1. The van der Waals surface area contributed by atoms with Crippen LogP contribution in [0, 0.1) is 0 Å². The quantitative estimate of drug-likeness (QED) is 0.687. The maximum atomic E-state index is 5.57. The van der Waals surface area contributed by atoms with Gasteiger partial charge in [-0.1, -0.05) is 6.92 Å². The fourth-order valence-corrected chi connectivity index (χ4v) is 1.23. The van der Waals surface area contributed by atoms with E-state index in [-0.39, 0.29) is 0 Å². The molecule has 1 heterocycles. The Balaban J connectivity index is 3.25. The van der Waals surface area contributed by atoms with E-state index in [2.05, 4.69) is 25.9 Å². The molecule has 0 fully saturated rings. The minimum absolute atomic E-state index is 0.435. The van der Waals surface area contributed by atoms with Crippen LogP contribution in [0.1, 0.15) is 12.5 Å². The minimum atomic E-state index is 0.435. The van der Waals surface area contributed by atoms with E-state index < -0.39 is 0 Å². The van der Waals surface area contributed by atoms with E-state index in [1.807, 2.05) is 6.92 Å². The van der Waals surface area contributed by atoms with E-state index in [4.69, 9.17) is 11.5 Å². The number of nitrogens with two attached hydrogens (primary N) is 2. The van der Waals surface area contributed by atoms with Gasteiger partial charge in [-0.3, -0.25) is 0 Å². The molecule has 4 N–H and O–H groups in total. The monoisotopic (exact) mass is 216 g/mol. The van der Waals surface area contributed by atoms with Crippen LogP contribution in [-0.2, 0) is 6.42 Å². The van der Waals surface area contributed by atoms with Crippen molar-refractivity contribution in [1.82, 2.24) is 9.97 Å². The molecule has 0 atom stereocenters. The van der Waals surface area contributed by atoms with E-state index in [0.29, 0.717) is 16.4 Å². The third-order valence-corrected chi connectivity index (χ3v) is 1.75. The number of aromatic nitrogens is 2. The van der Waals surface area contributed by atoms with Gasteiger partial charge >= 0.3 is 0 Å². The summed E-state index contributed by atoms with van der Waals surface area (Å²) in [6, 6.07) is 0. The van der Waals surface area contributed by atoms with Gasteiger partial charge < -0.3 is 11.5 Å². The SMILES string of the molecule is CCc1c(N)nc(Br)nc1N. The van der Waals surface area contributed by atoms with Crippen molar-refractivity contribution in [3.63, 3.8) is 0 Å². The average Bonchev–Trinajstić information content (AvgIpc) is 1.85. The largest absolute Gasteiger partial charge is 0.383 e. The van der Waals surface area contributed by atoms with Gasteiger partial charge in [0.15, 0.2) is 4.73 Å². The van der Waals surface area contributed by atoms with Crippen molar-refractivity contribution >= 4 is 27.6 Å². The number of nitrogen functional groups attached to an aromatic ring is 2. The molecule has 0 amide bonds. The van der Waals surface area contributed by atoms with E-state index in [9.17, 15) is 0 Å². The maximum Gasteiger partial charge on any atom is 0.200 e. The molecule has 11 heavy (non-hydrogen) atoms. The van der Waals surface area contributed by atoms with Crippen LogP contribution in [0.25, 0.3) is 0 Å². The topological polar surface area (TPSA) is 77.8 Å². The molecule has 1 aromatic rings. The van der Waals surface area contributed by atoms with Crippen LogP contribution in [0.15, 0.2) is 4.73 Å². The van der Waals surface area contributed by atoms with Crippen LogP contribution in [0.2, 0.25) is 0 Å². The second-order valence-electron chi connectivity index (χ2n) is 2.10. The summed E-state index contributed by atoms with van der Waals surface area (Å²) >= 11 is 3.09. The molecule has 0 radical (unpaired) electrons. The van der Waals surface area contributed by atoms with Crippen LogP contribution in [-0.4, -0.2) is 9.97 Å². The zero-order valence-electron chi connectivity index (χ0n) is 6.13. The zero-order chi connectivity index (χ0) is 8.43. The lowest BCUT2D eigenvalue weighted by atomic mass is 10.2. The van der Waals surface area contributed by atoms with Crippen molar-refractivity contribution in [2.24, 2.45) is 0 Å². The second-order valence-corrected chi connectivity index (χ2v) is 2.80. The first-order chi connectivity index (χ1) is 5.15. The molecule has 5 heteroatoms. The normalized spacial score (nSPS) is 10.0. The van der Waals surface area contributed by atoms with Gasteiger partial charge in [-0.15, -0.1) is 0 Å². The number of hydrogen-bond acceptors (Lipinski definition) is 4. The van der Waals surface area contributed by atoms with Crippen molar-refractivity contribution in [2.75, 3.05) is 11.5 Å². The Morgan fingerprint density at radius 3 is 2.09 bits per heavy atom. The molecule has 0 aliphatic rings. The molecule has 0 spiro atoms. The van der Waals surface area contributed by atoms with Crippen LogP contribution in [0.4, 0.5) is 11.6 Å². The predicted molar refractivity (Wildman–Crippen MR) is 47.9 cm³/mol. The van der Waals surface area contributed by atoms with Crippen LogP contribution in [0.3, 0.4) is 0 Å². The molecule has 0 saturated carbocycles. The molecule has 0 aromatic carbocycles. The Labute approximate surface area is 73.1 Å². The number of hydrogen-bond donors (Lipinski definition) is 2. The Morgan fingerprint density at radius 2 is 1.73 bits per heavy atom. The third-order valence-electron chi connectivity index (χ3n) is 1.40. The van der Waals surface area contributed by atoms with Gasteiger partial charge in [-0.2, -0.15) is 0 Å². The van der Waals surface area contributed by atoms with E-state index >= 15 is 0 Å². The first kappa shape index (κ1) is 8.26. The lowest BCUT2D eigenvalue weighted by Crippen LogP contribution is -2.04. The molecule has 1 aromatic heterocycles. The molecule has 0 unspecified atom stereocenters. The van der Waals surface area contributed by atoms with Crippen LogP contribution >= 0.6 is 15.9 Å².